The number of nitrogens with zero attached hydrogens (tertiary/aromatic N) is 4. The van der Waals surface area contributed by atoms with E-state index in [1.54, 1.807) is 0 Å². The van der Waals surface area contributed by atoms with Crippen LogP contribution in [0, 0.1) is 18.8 Å². The maximum atomic E-state index is 6.86. The molecule has 12 aromatic rings. The Morgan fingerprint density at radius 1 is 0.457 bits per heavy atom. The Balaban J connectivity index is 0.00000618. The molecule has 0 saturated heterocycles. The number of ether oxygens (including phenoxy) is 1. The van der Waals surface area contributed by atoms with E-state index in [9.17, 15) is 0 Å². The predicted molar refractivity (Wildman–Crippen MR) is 330 cm³/mol. The number of pyridine rings is 1. The van der Waals surface area contributed by atoms with Crippen molar-refractivity contribution in [1.82, 2.24) is 9.55 Å². The molecule has 398 valence electrons. The number of anilines is 4. The van der Waals surface area contributed by atoms with Gasteiger partial charge < -0.3 is 19.1 Å². The number of fused-ring (bicyclic) bond motifs is 7. The first-order chi connectivity index (χ1) is 38.9. The van der Waals surface area contributed by atoms with Crippen LogP contribution in [-0.2, 0) is 37.3 Å². The first-order valence-electron chi connectivity index (χ1n) is 27.7. The molecule has 1 aliphatic heterocycles. The summed E-state index contributed by atoms with van der Waals surface area (Å²) >= 11 is 0. The SMILES string of the molecule is CC(C)(C)c1ccc2c(c1)-c1ccccc1C2(c1ccccc1)c1ccnc(-n2c3[c-]c(Oc4[c-]c(N5[CH-]N(c6c(-c7ccccc7)cc(C(C)(C)C)cc6-c6ccccc6)c6ccccc65)ccc4)ccc3c3ccccc32)c1.[Pt]. The molecule has 0 radical (unpaired) electrons. The van der Waals surface area contributed by atoms with Crippen LogP contribution in [0.15, 0.2) is 243 Å². The molecule has 0 fully saturated rings. The van der Waals surface area contributed by atoms with Gasteiger partial charge in [0.15, 0.2) is 0 Å². The van der Waals surface area contributed by atoms with Crippen LogP contribution in [0.25, 0.3) is 61.0 Å². The van der Waals surface area contributed by atoms with E-state index < -0.39 is 5.41 Å². The van der Waals surface area contributed by atoms with Gasteiger partial charge in [-0.3, -0.25) is 0 Å². The molecule has 0 amide bonds. The zero-order valence-electron chi connectivity index (χ0n) is 46.2. The predicted octanol–water partition coefficient (Wildman–Crippen LogP) is 19.3. The van der Waals surface area contributed by atoms with Crippen molar-refractivity contribution in [3.63, 3.8) is 0 Å². The van der Waals surface area contributed by atoms with E-state index in [4.69, 9.17) is 9.72 Å². The largest absolute Gasteiger partial charge is 0.509 e. The van der Waals surface area contributed by atoms with Crippen LogP contribution in [0.3, 0.4) is 0 Å². The summed E-state index contributed by atoms with van der Waals surface area (Å²) in [5.74, 6) is 1.95. The first kappa shape index (κ1) is 51.7. The Hall–Kier alpha value is -8.76. The molecule has 2 aliphatic rings. The standard InChI is InChI=1S/C75H59N4O.Pt/c1-73(2,3)53-37-40-66-64(43-53)59-31-16-18-33-65(59)75(66,52-27-14-9-15-28-52)54-41-42-76-71(46-54)79-67-34-19-17-32-60(67)61-39-38-58(48-70(61)79)80-57-30-22-29-56(47-57)77-49-78(69-36-21-20-35-68(69)77)72-62(50-23-10-7-11-24-50)44-55(74(4,5)6)45-63(72)51-25-12-8-13-26-51;/h7-46,49H,1-6H3;/q-3;. The third kappa shape index (κ3) is 8.69. The summed E-state index contributed by atoms with van der Waals surface area (Å²) in [5, 5.41) is 2.17. The quantitative estimate of drug-likeness (QED) is 0.135. The minimum atomic E-state index is -0.603. The van der Waals surface area contributed by atoms with Gasteiger partial charge in [0.1, 0.15) is 5.82 Å². The van der Waals surface area contributed by atoms with E-state index in [-0.39, 0.29) is 31.9 Å². The van der Waals surface area contributed by atoms with Gasteiger partial charge >= 0.3 is 0 Å². The number of benzene rings is 10. The summed E-state index contributed by atoms with van der Waals surface area (Å²) in [5.41, 5.74) is 19.9. The molecule has 0 bridgehead atoms. The van der Waals surface area contributed by atoms with Gasteiger partial charge in [-0.15, -0.1) is 48.1 Å². The molecule has 81 heavy (non-hydrogen) atoms. The molecule has 2 aromatic heterocycles. The number of para-hydroxylation sites is 3. The summed E-state index contributed by atoms with van der Waals surface area (Å²) in [7, 11) is 0. The third-order valence-corrected chi connectivity index (χ3v) is 16.3. The van der Waals surface area contributed by atoms with Crippen molar-refractivity contribution in [2.45, 2.75) is 57.8 Å². The Labute approximate surface area is 490 Å². The topological polar surface area (TPSA) is 33.5 Å². The van der Waals surface area contributed by atoms with E-state index in [0.717, 1.165) is 78.2 Å². The fourth-order valence-corrected chi connectivity index (χ4v) is 12.4. The van der Waals surface area contributed by atoms with E-state index in [2.05, 4.69) is 293 Å². The molecule has 10 aromatic carbocycles. The number of aromatic nitrogens is 2. The van der Waals surface area contributed by atoms with Crippen molar-refractivity contribution in [3.8, 4) is 50.7 Å². The fourth-order valence-electron chi connectivity index (χ4n) is 12.4. The Bertz CT molecular complexity index is 4280. The molecule has 3 heterocycles. The van der Waals surface area contributed by atoms with Crippen molar-refractivity contribution in [2.24, 2.45) is 0 Å². The van der Waals surface area contributed by atoms with Crippen LogP contribution in [0.1, 0.15) is 74.9 Å². The maximum Gasteiger partial charge on any atom is 0.135 e. The number of hydrogen-bond acceptors (Lipinski definition) is 4. The maximum absolute atomic E-state index is 6.86. The van der Waals surface area contributed by atoms with Crippen molar-refractivity contribution < 1.29 is 25.8 Å². The zero-order chi connectivity index (χ0) is 54.3. The summed E-state index contributed by atoms with van der Waals surface area (Å²) in [4.78, 5) is 9.77. The molecule has 0 saturated carbocycles. The van der Waals surface area contributed by atoms with Crippen molar-refractivity contribution in [1.29, 1.82) is 0 Å². The van der Waals surface area contributed by atoms with Crippen molar-refractivity contribution in [3.05, 3.63) is 295 Å². The van der Waals surface area contributed by atoms with Crippen LogP contribution in [-0.4, -0.2) is 9.55 Å². The molecule has 5 nitrogen and oxygen atoms in total. The monoisotopic (exact) mass is 1230 g/mol. The van der Waals surface area contributed by atoms with Gasteiger partial charge in [-0.2, -0.15) is 12.1 Å². The van der Waals surface area contributed by atoms with Gasteiger partial charge in [-0.25, -0.2) is 4.98 Å². The Kier molecular flexibility index (Phi) is 12.8. The van der Waals surface area contributed by atoms with E-state index in [1.807, 2.05) is 24.4 Å². The summed E-state index contributed by atoms with van der Waals surface area (Å²) in [6.07, 6.45) is 1.97. The van der Waals surface area contributed by atoms with Crippen LogP contribution in [0.5, 0.6) is 11.5 Å². The second kappa shape index (κ2) is 20.1. The van der Waals surface area contributed by atoms with Crippen LogP contribution in [0.4, 0.5) is 22.7 Å². The van der Waals surface area contributed by atoms with Crippen LogP contribution in [0.2, 0.25) is 0 Å². The molecule has 0 spiro atoms. The molecule has 6 heteroatoms. The second-order valence-corrected chi connectivity index (χ2v) is 23.3. The number of hydrogen-bond donors (Lipinski definition) is 0. The zero-order valence-corrected chi connectivity index (χ0v) is 48.5. The minimum absolute atomic E-state index is 0. The normalized spacial score (nSPS) is 14.6. The van der Waals surface area contributed by atoms with E-state index in [0.29, 0.717) is 11.5 Å². The molecular weight excluding hydrogens is 1170 g/mol. The minimum Gasteiger partial charge on any atom is -0.509 e. The van der Waals surface area contributed by atoms with Gasteiger partial charge in [0, 0.05) is 72.5 Å². The Morgan fingerprint density at radius 3 is 1.75 bits per heavy atom. The van der Waals surface area contributed by atoms with E-state index in [1.165, 1.54) is 38.9 Å². The summed E-state index contributed by atoms with van der Waals surface area (Å²) < 4.78 is 9.11. The Morgan fingerprint density at radius 2 is 1.05 bits per heavy atom. The fraction of sp³-hybridized carbons (Fsp3) is 0.120. The molecule has 1 unspecified atom stereocenters. The van der Waals surface area contributed by atoms with Gasteiger partial charge in [-0.1, -0.05) is 211 Å². The van der Waals surface area contributed by atoms with Gasteiger partial charge in [0.2, 0.25) is 0 Å². The van der Waals surface area contributed by atoms with Gasteiger partial charge in [-0.05, 0) is 114 Å². The average molecular weight is 1230 g/mol. The van der Waals surface area contributed by atoms with Crippen molar-refractivity contribution in [2.75, 3.05) is 9.80 Å². The molecule has 1 aliphatic carbocycles. The molecule has 14 rings (SSSR count). The van der Waals surface area contributed by atoms with Crippen molar-refractivity contribution >= 4 is 44.6 Å². The second-order valence-electron chi connectivity index (χ2n) is 23.3. The van der Waals surface area contributed by atoms with Crippen LogP contribution >= 0.6 is 0 Å². The molecule has 0 N–H and O–H groups in total. The smallest absolute Gasteiger partial charge is 0.135 e. The summed E-state index contributed by atoms with van der Waals surface area (Å²) in [6, 6.07) is 92.7. The third-order valence-electron chi connectivity index (χ3n) is 16.3. The van der Waals surface area contributed by atoms with E-state index >= 15 is 0 Å². The average Bonchev–Trinajstić information content (AvgIpc) is 2.57. The van der Waals surface area contributed by atoms with Gasteiger partial charge in [0.25, 0.3) is 0 Å². The number of rotatable bonds is 9. The molecular formula is C75H59N4OPt-3. The summed E-state index contributed by atoms with van der Waals surface area (Å²) in [6.45, 7) is 16.0. The molecule has 1 atom stereocenters. The van der Waals surface area contributed by atoms with Gasteiger partial charge in [0.05, 0.1) is 5.41 Å². The first-order valence-corrected chi connectivity index (χ1v) is 27.7. The van der Waals surface area contributed by atoms with Crippen LogP contribution < -0.4 is 14.5 Å².